The lowest BCUT2D eigenvalue weighted by Crippen LogP contribution is -2.12. The number of hydrogen-bond acceptors (Lipinski definition) is 10. The quantitative estimate of drug-likeness (QED) is 0.518. The molecule has 0 aliphatic heterocycles. The first-order valence-electron chi connectivity index (χ1n) is 6.74. The van der Waals surface area contributed by atoms with E-state index in [9.17, 15) is 14.9 Å². The lowest BCUT2D eigenvalue weighted by Gasteiger charge is -2.05. The van der Waals surface area contributed by atoms with Gasteiger partial charge in [0.15, 0.2) is 0 Å². The van der Waals surface area contributed by atoms with Gasteiger partial charge in [0.1, 0.15) is 5.01 Å². The van der Waals surface area contributed by atoms with E-state index in [-0.39, 0.29) is 11.3 Å². The third kappa shape index (κ3) is 3.77. The van der Waals surface area contributed by atoms with Crippen LogP contribution in [0, 0.1) is 17.0 Å². The van der Waals surface area contributed by atoms with Gasteiger partial charge in [-0.1, -0.05) is 11.3 Å². The fourth-order valence-electron chi connectivity index (χ4n) is 1.81. The van der Waals surface area contributed by atoms with E-state index in [0.717, 1.165) is 11.8 Å². The molecule has 0 spiro atoms. The van der Waals surface area contributed by atoms with E-state index in [0.29, 0.717) is 20.2 Å². The maximum absolute atomic E-state index is 12.2. The first-order valence-corrected chi connectivity index (χ1v) is 8.37. The summed E-state index contributed by atoms with van der Waals surface area (Å²) in [6.07, 6.45) is 0. The summed E-state index contributed by atoms with van der Waals surface area (Å²) in [5.74, 6) is -0.504. The number of nitro groups is 1. The van der Waals surface area contributed by atoms with Gasteiger partial charge >= 0.3 is 0 Å². The second-order valence-electron chi connectivity index (χ2n) is 4.71. The number of rotatable bonds is 5. The van der Waals surface area contributed by atoms with Crippen molar-refractivity contribution in [3.05, 3.63) is 38.9 Å². The van der Waals surface area contributed by atoms with E-state index < -0.39 is 10.8 Å². The summed E-state index contributed by atoms with van der Waals surface area (Å²) >= 11 is 2.25. The van der Waals surface area contributed by atoms with Gasteiger partial charge in [-0.05, 0) is 41.2 Å². The summed E-state index contributed by atoms with van der Waals surface area (Å²) in [6.45, 7) is 1.76. The first-order chi connectivity index (χ1) is 11.9. The second-order valence-corrected chi connectivity index (χ2v) is 6.90. The van der Waals surface area contributed by atoms with E-state index in [1.54, 1.807) is 14.0 Å². The topological polar surface area (TPSA) is 142 Å². The Morgan fingerprint density at radius 2 is 2.16 bits per heavy atom. The van der Waals surface area contributed by atoms with Crippen LogP contribution in [0.15, 0.2) is 28.3 Å². The Morgan fingerprint density at radius 1 is 1.36 bits per heavy atom. The molecule has 128 valence electrons. The van der Waals surface area contributed by atoms with Crippen LogP contribution < -0.4 is 5.32 Å². The molecule has 13 heteroatoms. The van der Waals surface area contributed by atoms with E-state index in [4.69, 9.17) is 0 Å². The number of carbonyl (C=O) groups excluding carboxylic acids is 1. The van der Waals surface area contributed by atoms with Crippen LogP contribution >= 0.6 is 23.1 Å². The fourth-order valence-corrected chi connectivity index (χ4v) is 3.21. The minimum absolute atomic E-state index is 0.139. The minimum Gasteiger partial charge on any atom is -0.296 e. The predicted molar refractivity (Wildman–Crippen MR) is 88.6 cm³/mol. The van der Waals surface area contributed by atoms with Gasteiger partial charge in [-0.15, -0.1) is 15.3 Å². The number of nitrogens with one attached hydrogen (secondary N) is 1. The predicted octanol–water partition coefficient (Wildman–Crippen LogP) is 1.68. The number of aryl methyl sites for hydroxylation is 2. The summed E-state index contributed by atoms with van der Waals surface area (Å²) in [4.78, 5) is 23.4. The molecule has 0 saturated carbocycles. The number of anilines is 1. The molecule has 0 bridgehead atoms. The third-order valence-electron chi connectivity index (χ3n) is 2.95. The zero-order chi connectivity index (χ0) is 18.0. The SMILES string of the molecule is Cc1nnc(NC(=O)c2ccc(Sc3nnnn3C)c([N+](=O)[O-])c2)s1. The van der Waals surface area contributed by atoms with Gasteiger partial charge in [0.05, 0.1) is 9.82 Å². The highest BCUT2D eigenvalue weighted by molar-refractivity contribution is 7.99. The van der Waals surface area contributed by atoms with Crippen LogP contribution in [0.1, 0.15) is 15.4 Å². The van der Waals surface area contributed by atoms with Crippen LogP contribution in [0.5, 0.6) is 0 Å². The Kier molecular flexibility index (Phi) is 4.67. The Morgan fingerprint density at radius 3 is 2.76 bits per heavy atom. The van der Waals surface area contributed by atoms with Crippen LogP contribution in [-0.2, 0) is 7.05 Å². The smallest absolute Gasteiger partial charge is 0.284 e. The standard InChI is InChI=1S/C12H10N8O3S2/c1-6-14-15-11(24-6)13-10(21)7-3-4-9(8(5-7)20(22)23)25-12-16-17-18-19(12)2/h3-5H,1-2H3,(H,13,15,21). The number of benzene rings is 1. The van der Waals surface area contributed by atoms with Crippen molar-refractivity contribution >= 4 is 39.8 Å². The Labute approximate surface area is 148 Å². The van der Waals surface area contributed by atoms with Crippen LogP contribution in [0.4, 0.5) is 10.8 Å². The lowest BCUT2D eigenvalue weighted by atomic mass is 10.2. The van der Waals surface area contributed by atoms with Crippen molar-refractivity contribution in [3.63, 3.8) is 0 Å². The molecule has 0 radical (unpaired) electrons. The van der Waals surface area contributed by atoms with Crippen LogP contribution in [0.3, 0.4) is 0 Å². The third-order valence-corrected chi connectivity index (χ3v) is 4.79. The van der Waals surface area contributed by atoms with Gasteiger partial charge in [0.2, 0.25) is 10.3 Å². The van der Waals surface area contributed by atoms with Crippen LogP contribution in [0.25, 0.3) is 0 Å². The lowest BCUT2D eigenvalue weighted by molar-refractivity contribution is -0.387. The number of nitro benzene ring substituents is 1. The normalized spacial score (nSPS) is 10.6. The molecule has 0 atom stereocenters. The Balaban J connectivity index is 1.87. The van der Waals surface area contributed by atoms with Gasteiger partial charge in [-0.2, -0.15) is 0 Å². The monoisotopic (exact) mass is 378 g/mol. The summed E-state index contributed by atoms with van der Waals surface area (Å²) < 4.78 is 1.40. The molecule has 25 heavy (non-hydrogen) atoms. The number of aromatic nitrogens is 6. The minimum atomic E-state index is -0.558. The highest BCUT2D eigenvalue weighted by Crippen LogP contribution is 2.34. The molecule has 3 aromatic rings. The van der Waals surface area contributed by atoms with Crippen LogP contribution in [-0.4, -0.2) is 41.2 Å². The summed E-state index contributed by atoms with van der Waals surface area (Å²) in [7, 11) is 1.63. The summed E-state index contributed by atoms with van der Waals surface area (Å²) in [6, 6.07) is 4.18. The molecule has 0 unspecified atom stereocenters. The molecule has 2 heterocycles. The molecule has 0 aliphatic carbocycles. The average molecular weight is 378 g/mol. The number of tetrazole rings is 1. The highest BCUT2D eigenvalue weighted by Gasteiger charge is 2.20. The largest absolute Gasteiger partial charge is 0.296 e. The zero-order valence-electron chi connectivity index (χ0n) is 12.9. The molecule has 1 aromatic carbocycles. The highest BCUT2D eigenvalue weighted by atomic mass is 32.2. The van der Waals surface area contributed by atoms with Gasteiger partial charge < -0.3 is 0 Å². The molecule has 11 nitrogen and oxygen atoms in total. The molecule has 3 rings (SSSR count). The maximum Gasteiger partial charge on any atom is 0.284 e. The first kappa shape index (κ1) is 16.9. The van der Waals surface area contributed by atoms with Gasteiger partial charge in [0.25, 0.3) is 11.6 Å². The zero-order valence-corrected chi connectivity index (χ0v) is 14.5. The number of carbonyl (C=O) groups is 1. The molecule has 0 saturated heterocycles. The van der Waals surface area contributed by atoms with Crippen molar-refractivity contribution in [1.29, 1.82) is 0 Å². The maximum atomic E-state index is 12.2. The molecule has 1 amide bonds. The van der Waals surface area contributed by atoms with E-state index in [1.165, 1.54) is 34.2 Å². The Bertz CT molecular complexity index is 953. The van der Waals surface area contributed by atoms with E-state index in [2.05, 4.69) is 31.0 Å². The number of hydrogen-bond donors (Lipinski definition) is 1. The number of amides is 1. The molecule has 0 fully saturated rings. The molecule has 1 N–H and O–H groups in total. The van der Waals surface area contributed by atoms with E-state index in [1.807, 2.05) is 0 Å². The van der Waals surface area contributed by atoms with Gasteiger partial charge in [-0.25, -0.2) is 4.68 Å². The van der Waals surface area contributed by atoms with Crippen LogP contribution in [0.2, 0.25) is 0 Å². The van der Waals surface area contributed by atoms with Crippen molar-refractivity contribution in [3.8, 4) is 0 Å². The second kappa shape index (κ2) is 6.90. The average Bonchev–Trinajstić information content (AvgIpc) is 3.16. The number of nitrogens with zero attached hydrogens (tertiary/aromatic N) is 7. The van der Waals surface area contributed by atoms with Gasteiger partial charge in [0, 0.05) is 18.7 Å². The molecule has 2 aromatic heterocycles. The fraction of sp³-hybridized carbons (Fsp3) is 0.167. The Hall–Kier alpha value is -2.93. The van der Waals surface area contributed by atoms with Crippen molar-refractivity contribution < 1.29 is 9.72 Å². The van der Waals surface area contributed by atoms with Crippen molar-refractivity contribution in [1.82, 2.24) is 30.4 Å². The molecule has 0 aliphatic rings. The molecular formula is C12H10N8O3S2. The van der Waals surface area contributed by atoms with E-state index >= 15 is 0 Å². The molecular weight excluding hydrogens is 368 g/mol. The van der Waals surface area contributed by atoms with Gasteiger partial charge in [-0.3, -0.25) is 20.2 Å². The van der Waals surface area contributed by atoms with Crippen molar-refractivity contribution in [2.75, 3.05) is 5.32 Å². The van der Waals surface area contributed by atoms with Crippen molar-refractivity contribution in [2.45, 2.75) is 17.0 Å². The van der Waals surface area contributed by atoms with Crippen molar-refractivity contribution in [2.24, 2.45) is 7.05 Å². The summed E-state index contributed by atoms with van der Waals surface area (Å²) in [5, 5.41) is 33.8. The summed E-state index contributed by atoms with van der Waals surface area (Å²) in [5.41, 5.74) is -0.0749.